The molecular formula is C10H12BrN3O2. The Hall–Kier alpha value is -1.14. The smallest absolute Gasteiger partial charge is 0.231 e. The number of carbonyl (C=O) groups is 1. The van der Waals surface area contributed by atoms with E-state index in [9.17, 15) is 4.79 Å². The lowest BCUT2D eigenvalue weighted by atomic mass is 10.1. The minimum atomic E-state index is -0.0971. The minimum absolute atomic E-state index is 0.0881. The first-order valence-electron chi connectivity index (χ1n) is 4.97. The van der Waals surface area contributed by atoms with Crippen molar-refractivity contribution in [2.75, 3.05) is 24.3 Å². The van der Waals surface area contributed by atoms with Crippen molar-refractivity contribution < 1.29 is 9.53 Å². The Morgan fingerprint density at radius 2 is 2.44 bits per heavy atom. The number of nitrogens with two attached hydrogens (primary N) is 1. The zero-order chi connectivity index (χ0) is 11.5. The molecule has 6 heteroatoms. The second-order valence-electron chi connectivity index (χ2n) is 3.62. The molecule has 16 heavy (non-hydrogen) atoms. The van der Waals surface area contributed by atoms with Crippen LogP contribution in [0.2, 0.25) is 0 Å². The van der Waals surface area contributed by atoms with Crippen LogP contribution in [0.4, 0.5) is 11.5 Å². The lowest BCUT2D eigenvalue weighted by Crippen LogP contribution is -2.24. The number of nitrogen functional groups attached to an aromatic ring is 1. The Bertz CT molecular complexity index is 405. The summed E-state index contributed by atoms with van der Waals surface area (Å²) in [5.41, 5.74) is 6.16. The van der Waals surface area contributed by atoms with Gasteiger partial charge in [-0.2, -0.15) is 0 Å². The number of carbonyl (C=O) groups excluding carboxylic acids is 1. The summed E-state index contributed by atoms with van der Waals surface area (Å²) in [6.07, 6.45) is 0.750. The first-order chi connectivity index (χ1) is 7.66. The summed E-state index contributed by atoms with van der Waals surface area (Å²) in [6.45, 7) is 1.11. The van der Waals surface area contributed by atoms with Gasteiger partial charge >= 0.3 is 0 Å². The topological polar surface area (TPSA) is 77.2 Å². The van der Waals surface area contributed by atoms with Gasteiger partial charge in [-0.3, -0.25) is 4.79 Å². The van der Waals surface area contributed by atoms with Gasteiger partial charge in [-0.05, 0) is 34.5 Å². The Morgan fingerprint density at radius 3 is 3.12 bits per heavy atom. The summed E-state index contributed by atoms with van der Waals surface area (Å²) in [7, 11) is 0. The van der Waals surface area contributed by atoms with E-state index < -0.39 is 0 Å². The van der Waals surface area contributed by atoms with E-state index >= 15 is 0 Å². The van der Waals surface area contributed by atoms with Crippen molar-refractivity contribution in [2.45, 2.75) is 6.42 Å². The van der Waals surface area contributed by atoms with Crippen LogP contribution in [0.5, 0.6) is 0 Å². The van der Waals surface area contributed by atoms with Crippen LogP contribution in [0.1, 0.15) is 6.42 Å². The molecule has 0 spiro atoms. The molecule has 1 unspecified atom stereocenters. The molecule has 1 fully saturated rings. The molecule has 0 aromatic carbocycles. The van der Waals surface area contributed by atoms with Crippen LogP contribution >= 0.6 is 15.9 Å². The predicted octanol–water partition coefficient (Wildman–Crippen LogP) is 1.40. The molecule has 0 radical (unpaired) electrons. The van der Waals surface area contributed by atoms with Gasteiger partial charge in [0.2, 0.25) is 5.91 Å². The van der Waals surface area contributed by atoms with E-state index in [1.807, 2.05) is 0 Å². The van der Waals surface area contributed by atoms with Gasteiger partial charge in [-0.25, -0.2) is 4.98 Å². The van der Waals surface area contributed by atoms with Crippen molar-refractivity contribution in [1.29, 1.82) is 0 Å². The third-order valence-corrected chi connectivity index (χ3v) is 2.88. The van der Waals surface area contributed by atoms with E-state index in [2.05, 4.69) is 26.2 Å². The van der Waals surface area contributed by atoms with Crippen LogP contribution < -0.4 is 11.1 Å². The summed E-state index contributed by atoms with van der Waals surface area (Å²) >= 11 is 3.23. The lowest BCUT2D eigenvalue weighted by Gasteiger charge is -2.10. The van der Waals surface area contributed by atoms with Gasteiger partial charge in [0.1, 0.15) is 4.60 Å². The van der Waals surface area contributed by atoms with Crippen molar-refractivity contribution in [3.8, 4) is 0 Å². The van der Waals surface area contributed by atoms with Gasteiger partial charge in [0.15, 0.2) is 5.82 Å². The normalized spacial score (nSPS) is 19.7. The second-order valence-corrected chi connectivity index (χ2v) is 4.43. The number of ether oxygens (including phenoxy) is 1. The molecule has 86 valence electrons. The molecule has 1 aromatic heterocycles. The fourth-order valence-electron chi connectivity index (χ4n) is 1.51. The number of hydrogen-bond acceptors (Lipinski definition) is 4. The van der Waals surface area contributed by atoms with Crippen molar-refractivity contribution in [3.05, 3.63) is 16.7 Å². The first-order valence-corrected chi connectivity index (χ1v) is 5.77. The van der Waals surface area contributed by atoms with Gasteiger partial charge < -0.3 is 15.8 Å². The number of aromatic nitrogens is 1. The minimum Gasteiger partial charge on any atom is -0.396 e. The van der Waals surface area contributed by atoms with Crippen LogP contribution in [-0.4, -0.2) is 24.1 Å². The molecule has 2 rings (SSSR count). The Labute approximate surface area is 102 Å². The number of pyridine rings is 1. The highest BCUT2D eigenvalue weighted by Crippen LogP contribution is 2.21. The number of anilines is 2. The van der Waals surface area contributed by atoms with E-state index in [-0.39, 0.29) is 11.8 Å². The summed E-state index contributed by atoms with van der Waals surface area (Å²) in [5.74, 6) is 0.209. The highest BCUT2D eigenvalue weighted by molar-refractivity contribution is 9.10. The zero-order valence-corrected chi connectivity index (χ0v) is 10.2. The van der Waals surface area contributed by atoms with Gasteiger partial charge in [-0.1, -0.05) is 0 Å². The fourth-order valence-corrected chi connectivity index (χ4v) is 1.82. The highest BCUT2D eigenvalue weighted by atomic mass is 79.9. The Kier molecular flexibility index (Phi) is 3.40. The molecule has 0 aliphatic carbocycles. The Morgan fingerprint density at radius 1 is 1.62 bits per heavy atom. The third-order valence-electron chi connectivity index (χ3n) is 2.43. The zero-order valence-electron chi connectivity index (χ0n) is 8.57. The average Bonchev–Trinajstić information content (AvgIpc) is 2.76. The maximum atomic E-state index is 11.8. The van der Waals surface area contributed by atoms with Crippen molar-refractivity contribution >= 4 is 33.3 Å². The number of rotatable bonds is 2. The van der Waals surface area contributed by atoms with Crippen LogP contribution in [-0.2, 0) is 9.53 Å². The molecule has 0 bridgehead atoms. The van der Waals surface area contributed by atoms with E-state index in [0.29, 0.717) is 29.3 Å². The molecule has 1 atom stereocenters. The lowest BCUT2D eigenvalue weighted by molar-refractivity contribution is -0.119. The van der Waals surface area contributed by atoms with E-state index in [1.54, 1.807) is 12.1 Å². The summed E-state index contributed by atoms with van der Waals surface area (Å²) in [5, 5.41) is 2.71. The van der Waals surface area contributed by atoms with Crippen LogP contribution in [0.3, 0.4) is 0 Å². The average molecular weight is 286 g/mol. The number of halogens is 1. The van der Waals surface area contributed by atoms with Crippen LogP contribution in [0.25, 0.3) is 0 Å². The molecule has 1 saturated heterocycles. The molecule has 1 aliphatic heterocycles. The SMILES string of the molecule is Nc1ccc(Br)nc1NC(=O)C1CCOC1. The molecule has 1 aliphatic rings. The standard InChI is InChI=1S/C10H12BrN3O2/c11-8-2-1-7(12)9(13-8)14-10(15)6-3-4-16-5-6/h1-2,6H,3-5,12H2,(H,13,14,15). The van der Waals surface area contributed by atoms with E-state index in [0.717, 1.165) is 6.42 Å². The third kappa shape index (κ3) is 2.51. The number of nitrogens with zero attached hydrogens (tertiary/aromatic N) is 1. The van der Waals surface area contributed by atoms with Crippen molar-refractivity contribution in [2.24, 2.45) is 5.92 Å². The quantitative estimate of drug-likeness (QED) is 0.806. The van der Waals surface area contributed by atoms with Crippen LogP contribution in [0.15, 0.2) is 16.7 Å². The maximum absolute atomic E-state index is 11.8. The molecule has 2 heterocycles. The maximum Gasteiger partial charge on any atom is 0.231 e. The van der Waals surface area contributed by atoms with Crippen molar-refractivity contribution in [1.82, 2.24) is 4.98 Å². The van der Waals surface area contributed by atoms with Crippen LogP contribution in [0, 0.1) is 5.92 Å². The molecule has 5 nitrogen and oxygen atoms in total. The second kappa shape index (κ2) is 4.80. The van der Waals surface area contributed by atoms with Gasteiger partial charge in [0.05, 0.1) is 18.2 Å². The molecule has 3 N–H and O–H groups in total. The largest absolute Gasteiger partial charge is 0.396 e. The fraction of sp³-hybridized carbons (Fsp3) is 0.400. The summed E-state index contributed by atoms with van der Waals surface area (Å²) in [4.78, 5) is 15.9. The number of hydrogen-bond donors (Lipinski definition) is 2. The summed E-state index contributed by atoms with van der Waals surface area (Å²) < 4.78 is 5.79. The number of nitrogens with one attached hydrogen (secondary N) is 1. The number of amides is 1. The highest BCUT2D eigenvalue weighted by Gasteiger charge is 2.24. The molecule has 1 amide bonds. The van der Waals surface area contributed by atoms with E-state index in [4.69, 9.17) is 10.5 Å². The Balaban J connectivity index is 2.07. The summed E-state index contributed by atoms with van der Waals surface area (Å²) in [6, 6.07) is 3.42. The molecular weight excluding hydrogens is 274 g/mol. The first kappa shape index (κ1) is 11.3. The monoisotopic (exact) mass is 285 g/mol. The van der Waals surface area contributed by atoms with Gasteiger partial charge in [0, 0.05) is 6.61 Å². The van der Waals surface area contributed by atoms with Gasteiger partial charge in [-0.15, -0.1) is 0 Å². The van der Waals surface area contributed by atoms with Crippen molar-refractivity contribution in [3.63, 3.8) is 0 Å². The molecule has 1 aromatic rings. The molecule has 0 saturated carbocycles. The van der Waals surface area contributed by atoms with E-state index in [1.165, 1.54) is 0 Å². The van der Waals surface area contributed by atoms with Gasteiger partial charge in [0.25, 0.3) is 0 Å². The predicted molar refractivity (Wildman–Crippen MR) is 63.9 cm³/mol.